The minimum Gasteiger partial charge on any atom is -0.311 e. The summed E-state index contributed by atoms with van der Waals surface area (Å²) in [7, 11) is 0. The number of thioether (sulfide) groups is 1. The van der Waals surface area contributed by atoms with E-state index in [9.17, 15) is 0 Å². The molecule has 0 aliphatic carbocycles. The van der Waals surface area contributed by atoms with Gasteiger partial charge in [-0.1, -0.05) is 0 Å². The van der Waals surface area contributed by atoms with Crippen LogP contribution in [0.5, 0.6) is 0 Å². The zero-order valence-corrected chi connectivity index (χ0v) is 6.95. The molecule has 1 N–H and O–H groups in total. The Balaban J connectivity index is 1.99. The minimum absolute atomic E-state index is 0.158. The third kappa shape index (κ3) is 2.20. The summed E-state index contributed by atoms with van der Waals surface area (Å²) in [5, 5.41) is 11.8. The molecule has 1 heterocycles. The van der Waals surface area contributed by atoms with Crippen LogP contribution in [0.15, 0.2) is 0 Å². The van der Waals surface area contributed by atoms with Crippen LogP contribution in [0.2, 0.25) is 0 Å². The van der Waals surface area contributed by atoms with Gasteiger partial charge in [0.05, 0.1) is 12.0 Å². The van der Waals surface area contributed by atoms with Gasteiger partial charge in [-0.15, -0.1) is 0 Å². The Morgan fingerprint density at radius 3 is 2.90 bits per heavy atom. The molecular weight excluding hydrogens is 144 g/mol. The molecule has 0 spiro atoms. The van der Waals surface area contributed by atoms with E-state index in [-0.39, 0.29) is 5.92 Å². The number of nitrogens with one attached hydrogen (secondary N) is 1. The van der Waals surface area contributed by atoms with Gasteiger partial charge in [0.25, 0.3) is 0 Å². The van der Waals surface area contributed by atoms with Crippen LogP contribution in [-0.4, -0.2) is 24.1 Å². The Morgan fingerprint density at radius 2 is 2.50 bits per heavy atom. The molecule has 1 rings (SSSR count). The van der Waals surface area contributed by atoms with Gasteiger partial charge >= 0.3 is 0 Å². The van der Waals surface area contributed by atoms with Crippen LogP contribution in [-0.2, 0) is 0 Å². The maximum absolute atomic E-state index is 8.44. The molecule has 1 unspecified atom stereocenters. The second kappa shape index (κ2) is 3.85. The van der Waals surface area contributed by atoms with E-state index in [4.69, 9.17) is 5.26 Å². The highest BCUT2D eigenvalue weighted by Gasteiger charge is 2.17. The average Bonchev–Trinajstić information content (AvgIpc) is 1.84. The fourth-order valence-electron chi connectivity index (χ4n) is 0.743. The molecular formula is C7H12N2S. The first-order chi connectivity index (χ1) is 4.83. The normalized spacial score (nSPS) is 21.2. The zero-order valence-electron chi connectivity index (χ0n) is 6.13. The summed E-state index contributed by atoms with van der Waals surface area (Å²) < 4.78 is 0. The summed E-state index contributed by atoms with van der Waals surface area (Å²) in [4.78, 5) is 0. The van der Waals surface area contributed by atoms with E-state index >= 15 is 0 Å². The van der Waals surface area contributed by atoms with Gasteiger partial charge in [0.1, 0.15) is 0 Å². The van der Waals surface area contributed by atoms with E-state index in [1.54, 1.807) is 0 Å². The van der Waals surface area contributed by atoms with Crippen molar-refractivity contribution in [1.29, 1.82) is 5.26 Å². The van der Waals surface area contributed by atoms with Crippen LogP contribution in [0.4, 0.5) is 0 Å². The van der Waals surface area contributed by atoms with Crippen molar-refractivity contribution in [3.63, 3.8) is 0 Å². The summed E-state index contributed by atoms with van der Waals surface area (Å²) in [6.07, 6.45) is 0. The first-order valence-corrected chi connectivity index (χ1v) is 4.69. The molecule has 0 saturated carbocycles. The predicted molar refractivity (Wildman–Crippen MR) is 43.9 cm³/mol. The van der Waals surface area contributed by atoms with Crippen molar-refractivity contribution in [3.8, 4) is 6.07 Å². The highest BCUT2D eigenvalue weighted by molar-refractivity contribution is 8.00. The predicted octanol–water partition coefficient (Wildman–Crippen LogP) is 0.851. The van der Waals surface area contributed by atoms with E-state index in [1.165, 1.54) is 11.5 Å². The van der Waals surface area contributed by atoms with Gasteiger partial charge < -0.3 is 5.32 Å². The number of nitrogens with zero attached hydrogens (tertiary/aromatic N) is 1. The highest BCUT2D eigenvalue weighted by atomic mass is 32.2. The van der Waals surface area contributed by atoms with E-state index in [0.29, 0.717) is 6.04 Å². The number of hydrogen-bond acceptors (Lipinski definition) is 3. The Hall–Kier alpha value is -0.200. The lowest BCUT2D eigenvalue weighted by Crippen LogP contribution is -2.42. The topological polar surface area (TPSA) is 35.8 Å². The van der Waals surface area contributed by atoms with Crippen molar-refractivity contribution in [2.24, 2.45) is 5.92 Å². The lowest BCUT2D eigenvalue weighted by atomic mass is 10.2. The molecule has 0 bridgehead atoms. The molecule has 2 nitrogen and oxygen atoms in total. The van der Waals surface area contributed by atoms with Gasteiger partial charge in [0.15, 0.2) is 0 Å². The summed E-state index contributed by atoms with van der Waals surface area (Å²) in [5.74, 6) is 2.60. The molecule has 0 amide bonds. The molecule has 0 aromatic rings. The summed E-state index contributed by atoms with van der Waals surface area (Å²) >= 11 is 1.96. The van der Waals surface area contributed by atoms with Gasteiger partial charge in [0.2, 0.25) is 0 Å². The highest BCUT2D eigenvalue weighted by Crippen LogP contribution is 2.17. The maximum Gasteiger partial charge on any atom is 0.0666 e. The lowest BCUT2D eigenvalue weighted by Gasteiger charge is -2.26. The van der Waals surface area contributed by atoms with Crippen molar-refractivity contribution >= 4 is 11.8 Å². The molecule has 1 atom stereocenters. The Morgan fingerprint density at radius 1 is 1.80 bits per heavy atom. The zero-order chi connectivity index (χ0) is 7.40. The maximum atomic E-state index is 8.44. The van der Waals surface area contributed by atoms with Crippen molar-refractivity contribution in [1.82, 2.24) is 5.32 Å². The van der Waals surface area contributed by atoms with Crippen molar-refractivity contribution in [2.75, 3.05) is 18.1 Å². The smallest absolute Gasteiger partial charge is 0.0666 e. The van der Waals surface area contributed by atoms with Crippen LogP contribution >= 0.6 is 11.8 Å². The van der Waals surface area contributed by atoms with Crippen LogP contribution in [0, 0.1) is 17.2 Å². The van der Waals surface area contributed by atoms with Crippen molar-refractivity contribution in [3.05, 3.63) is 0 Å². The molecule has 0 radical (unpaired) electrons. The Labute approximate surface area is 66.0 Å². The van der Waals surface area contributed by atoms with Crippen LogP contribution < -0.4 is 5.32 Å². The lowest BCUT2D eigenvalue weighted by molar-refractivity contribution is 0.535. The third-order valence-corrected chi connectivity index (χ3v) is 2.85. The Kier molecular flexibility index (Phi) is 3.04. The molecule has 3 heteroatoms. The van der Waals surface area contributed by atoms with Gasteiger partial charge in [-0.2, -0.15) is 17.0 Å². The molecule has 1 fully saturated rings. The number of rotatable bonds is 3. The van der Waals surface area contributed by atoms with Gasteiger partial charge in [-0.05, 0) is 6.92 Å². The fourth-order valence-corrected chi connectivity index (χ4v) is 1.45. The monoisotopic (exact) mass is 156 g/mol. The average molecular weight is 156 g/mol. The molecule has 1 saturated heterocycles. The summed E-state index contributed by atoms with van der Waals surface area (Å²) in [6.45, 7) is 2.79. The van der Waals surface area contributed by atoms with E-state index in [1.807, 2.05) is 18.7 Å². The molecule has 1 aliphatic rings. The molecule has 10 heavy (non-hydrogen) atoms. The number of nitriles is 1. The van der Waals surface area contributed by atoms with E-state index in [0.717, 1.165) is 6.54 Å². The SMILES string of the molecule is CC(C#N)CNC1CSC1. The van der Waals surface area contributed by atoms with Crippen LogP contribution in [0.3, 0.4) is 0 Å². The van der Waals surface area contributed by atoms with E-state index < -0.39 is 0 Å². The Bertz CT molecular complexity index is 137. The molecule has 1 aliphatic heterocycles. The summed E-state index contributed by atoms with van der Waals surface area (Å²) in [6, 6.07) is 2.88. The minimum atomic E-state index is 0.158. The largest absolute Gasteiger partial charge is 0.311 e. The quantitative estimate of drug-likeness (QED) is 0.658. The third-order valence-electron chi connectivity index (χ3n) is 1.57. The van der Waals surface area contributed by atoms with Crippen LogP contribution in [0.25, 0.3) is 0 Å². The van der Waals surface area contributed by atoms with E-state index in [2.05, 4.69) is 11.4 Å². The molecule has 0 aromatic heterocycles. The van der Waals surface area contributed by atoms with Crippen molar-refractivity contribution < 1.29 is 0 Å². The standard InChI is InChI=1S/C7H12N2S/c1-6(2-8)3-9-7-4-10-5-7/h6-7,9H,3-5H2,1H3. The second-order valence-electron chi connectivity index (χ2n) is 2.67. The second-order valence-corrected chi connectivity index (χ2v) is 3.75. The van der Waals surface area contributed by atoms with Crippen LogP contribution in [0.1, 0.15) is 6.92 Å². The van der Waals surface area contributed by atoms with Gasteiger partial charge in [-0.25, -0.2) is 0 Å². The van der Waals surface area contributed by atoms with Gasteiger partial charge in [0, 0.05) is 24.1 Å². The fraction of sp³-hybridized carbons (Fsp3) is 0.857. The van der Waals surface area contributed by atoms with Crippen molar-refractivity contribution in [2.45, 2.75) is 13.0 Å². The first kappa shape index (κ1) is 7.90. The first-order valence-electron chi connectivity index (χ1n) is 3.53. The van der Waals surface area contributed by atoms with Gasteiger partial charge in [-0.3, -0.25) is 0 Å². The summed E-state index contributed by atoms with van der Waals surface area (Å²) in [5.41, 5.74) is 0. The molecule has 56 valence electrons. The molecule has 0 aromatic carbocycles. The number of hydrogen-bond donors (Lipinski definition) is 1.